The zero-order chi connectivity index (χ0) is 31.7. The number of carbonyl (C=O) groups is 1. The van der Waals surface area contributed by atoms with Gasteiger partial charge in [-0.2, -0.15) is 13.2 Å². The van der Waals surface area contributed by atoms with Crippen molar-refractivity contribution in [1.82, 2.24) is 9.97 Å². The molecule has 2 N–H and O–H groups in total. The van der Waals surface area contributed by atoms with Gasteiger partial charge in [-0.25, -0.2) is 15.0 Å². The van der Waals surface area contributed by atoms with Crippen LogP contribution in [0.3, 0.4) is 0 Å². The highest BCUT2D eigenvalue weighted by Crippen LogP contribution is 2.45. The predicted molar refractivity (Wildman–Crippen MR) is 167 cm³/mol. The summed E-state index contributed by atoms with van der Waals surface area (Å²) in [5.41, 5.74) is 1.51. The summed E-state index contributed by atoms with van der Waals surface area (Å²) in [6, 6.07) is 8.67. The Bertz CT molecular complexity index is 1580. The number of carbonyl (C=O) groups excluding carboxylic acids is 1. The van der Waals surface area contributed by atoms with Gasteiger partial charge in [-0.15, -0.1) is 0 Å². The van der Waals surface area contributed by atoms with Crippen molar-refractivity contribution in [3.8, 4) is 5.75 Å². The van der Waals surface area contributed by atoms with Crippen LogP contribution in [0.2, 0.25) is 5.02 Å². The lowest BCUT2D eigenvalue weighted by Crippen LogP contribution is -2.35. The van der Waals surface area contributed by atoms with Crippen LogP contribution < -0.4 is 25.3 Å². The van der Waals surface area contributed by atoms with Crippen molar-refractivity contribution >= 4 is 46.2 Å². The van der Waals surface area contributed by atoms with Gasteiger partial charge in [-0.05, 0) is 67.4 Å². The predicted octanol–water partition coefficient (Wildman–Crippen LogP) is 7.53. The first kappa shape index (κ1) is 31.0. The third kappa shape index (κ3) is 6.81. The minimum atomic E-state index is -4.59. The van der Waals surface area contributed by atoms with Gasteiger partial charge in [0.2, 0.25) is 5.91 Å². The molecule has 0 spiro atoms. The normalized spacial score (nSPS) is 19.0. The first-order valence-corrected chi connectivity index (χ1v) is 15.3. The molecule has 0 unspecified atom stereocenters. The molecule has 3 aromatic rings. The Labute approximate surface area is 264 Å². The Morgan fingerprint density at radius 2 is 1.82 bits per heavy atom. The van der Waals surface area contributed by atoms with Gasteiger partial charge in [-0.3, -0.25) is 9.63 Å². The van der Waals surface area contributed by atoms with Gasteiger partial charge in [0.15, 0.2) is 5.82 Å². The first-order valence-electron chi connectivity index (χ1n) is 14.9. The number of halogens is 4. The Balaban J connectivity index is 1.26. The number of methoxy groups -OCH3 is 1. The molecule has 3 heterocycles. The minimum Gasteiger partial charge on any atom is -0.494 e. The van der Waals surface area contributed by atoms with E-state index in [1.54, 1.807) is 25.3 Å². The molecule has 13 heteroatoms. The first-order chi connectivity index (χ1) is 21.6. The largest absolute Gasteiger partial charge is 0.494 e. The summed E-state index contributed by atoms with van der Waals surface area (Å²) in [5.74, 6) is 2.56. The van der Waals surface area contributed by atoms with Crippen molar-refractivity contribution in [2.45, 2.75) is 44.3 Å². The number of aromatic nitrogens is 2. The molecule has 2 aromatic carbocycles. The molecule has 9 nitrogen and oxygen atoms in total. The van der Waals surface area contributed by atoms with Crippen LogP contribution in [0.1, 0.15) is 49.3 Å². The summed E-state index contributed by atoms with van der Waals surface area (Å²) >= 11 is 5.85. The molecule has 1 amide bonds. The average molecular weight is 643 g/mol. The highest BCUT2D eigenvalue weighted by atomic mass is 35.5. The van der Waals surface area contributed by atoms with Gasteiger partial charge < -0.3 is 20.3 Å². The van der Waals surface area contributed by atoms with E-state index in [1.165, 1.54) is 36.4 Å². The number of rotatable bonds is 9. The van der Waals surface area contributed by atoms with Gasteiger partial charge in [-0.1, -0.05) is 24.2 Å². The van der Waals surface area contributed by atoms with Gasteiger partial charge in [0.25, 0.3) is 0 Å². The van der Waals surface area contributed by atoms with Gasteiger partial charge in [0, 0.05) is 31.6 Å². The molecule has 3 aliphatic rings. The van der Waals surface area contributed by atoms with Crippen LogP contribution in [0.15, 0.2) is 55.4 Å². The molecule has 0 bridgehead atoms. The average Bonchev–Trinajstić information content (AvgIpc) is 3.77. The Morgan fingerprint density at radius 1 is 1.07 bits per heavy atom. The summed E-state index contributed by atoms with van der Waals surface area (Å²) in [7, 11) is 1.57. The summed E-state index contributed by atoms with van der Waals surface area (Å²) in [6.07, 6.45) is 3.30. The van der Waals surface area contributed by atoms with Crippen LogP contribution in [-0.4, -0.2) is 42.7 Å². The van der Waals surface area contributed by atoms with Gasteiger partial charge in [0.05, 0.1) is 47.4 Å². The lowest BCUT2D eigenvalue weighted by atomic mass is 9.92. The SMILES string of the molecule is C=CC(=O)Nc1cc(Nc2cc(N3OCC[C@@H]3c3ccc(Cl)c(C(F)(F)F)c3)ncn2)c(OC)cc1N1CCC(C2CC2)CC1. The number of alkyl halides is 3. The van der Waals surface area contributed by atoms with E-state index in [9.17, 15) is 18.0 Å². The van der Waals surface area contributed by atoms with Gasteiger partial charge >= 0.3 is 6.18 Å². The maximum absolute atomic E-state index is 13.6. The van der Waals surface area contributed by atoms with Crippen molar-refractivity contribution < 1.29 is 27.5 Å². The molecule has 6 rings (SSSR count). The van der Waals surface area contributed by atoms with Crippen LogP contribution >= 0.6 is 11.6 Å². The molecule has 1 aliphatic carbocycles. The third-order valence-electron chi connectivity index (χ3n) is 8.66. The Hall–Kier alpha value is -4.03. The molecular weight excluding hydrogens is 609 g/mol. The maximum atomic E-state index is 13.6. The van der Waals surface area contributed by atoms with E-state index in [2.05, 4.69) is 32.1 Å². The van der Waals surface area contributed by atoms with E-state index in [-0.39, 0.29) is 10.9 Å². The number of hydroxylamine groups is 1. The molecule has 1 atom stereocenters. The fraction of sp³-hybridized carbons (Fsp3) is 0.406. The van der Waals surface area contributed by atoms with E-state index >= 15 is 0 Å². The van der Waals surface area contributed by atoms with Crippen molar-refractivity contribution in [3.05, 3.63) is 71.5 Å². The zero-order valence-corrected chi connectivity index (χ0v) is 25.5. The highest BCUT2D eigenvalue weighted by Gasteiger charge is 2.37. The molecular formula is C32H34ClF3N6O3. The van der Waals surface area contributed by atoms with E-state index in [0.717, 1.165) is 49.5 Å². The lowest BCUT2D eigenvalue weighted by Gasteiger charge is -2.35. The summed E-state index contributed by atoms with van der Waals surface area (Å²) in [5, 5.41) is 7.31. The number of ether oxygens (including phenoxy) is 1. The van der Waals surface area contributed by atoms with Crippen LogP contribution in [0.25, 0.3) is 0 Å². The fourth-order valence-corrected chi connectivity index (χ4v) is 6.42. The monoisotopic (exact) mass is 642 g/mol. The number of piperidine rings is 1. The van der Waals surface area contributed by atoms with Crippen LogP contribution in [0.5, 0.6) is 5.75 Å². The Morgan fingerprint density at radius 3 is 2.51 bits per heavy atom. The second-order valence-electron chi connectivity index (χ2n) is 11.5. The number of nitrogens with zero attached hydrogens (tertiary/aromatic N) is 4. The maximum Gasteiger partial charge on any atom is 0.417 e. The second kappa shape index (κ2) is 12.8. The number of nitrogens with one attached hydrogen (secondary N) is 2. The molecule has 0 radical (unpaired) electrons. The van der Waals surface area contributed by atoms with Crippen LogP contribution in [0.4, 0.5) is 41.9 Å². The quantitative estimate of drug-likeness (QED) is 0.232. The smallest absolute Gasteiger partial charge is 0.417 e. The minimum absolute atomic E-state index is 0.293. The van der Waals surface area contributed by atoms with Crippen LogP contribution in [-0.2, 0) is 15.8 Å². The van der Waals surface area contributed by atoms with Gasteiger partial charge in [0.1, 0.15) is 17.9 Å². The fourth-order valence-electron chi connectivity index (χ4n) is 6.20. The van der Waals surface area contributed by atoms with E-state index in [4.69, 9.17) is 21.2 Å². The van der Waals surface area contributed by atoms with Crippen molar-refractivity contribution in [2.24, 2.45) is 11.8 Å². The van der Waals surface area contributed by atoms with Crippen molar-refractivity contribution in [2.75, 3.05) is 47.4 Å². The standard InChI is InChI=1S/C32H34ClF3N6O3/c1-3-31(43)40-24-15-25(28(44-2)16-27(24)41-11-8-20(9-12-41)19-4-5-19)39-29-17-30(38-18-37-29)42-26(10-13-45-42)21-6-7-23(33)22(14-21)32(34,35)36/h3,6-7,14-20,26H,1,4-5,8-13H2,2H3,(H,40,43)(H,37,38,39)/t26-/m1/s1. The summed E-state index contributed by atoms with van der Waals surface area (Å²) in [6.45, 7) is 5.66. The molecule has 3 fully saturated rings. The highest BCUT2D eigenvalue weighted by molar-refractivity contribution is 6.31. The number of hydrogen-bond donors (Lipinski definition) is 2. The molecule has 45 heavy (non-hydrogen) atoms. The molecule has 2 saturated heterocycles. The zero-order valence-electron chi connectivity index (χ0n) is 24.7. The van der Waals surface area contributed by atoms with Crippen molar-refractivity contribution in [3.63, 3.8) is 0 Å². The Kier molecular flexibility index (Phi) is 8.78. The van der Waals surface area contributed by atoms with E-state index in [1.807, 2.05) is 6.07 Å². The number of anilines is 5. The van der Waals surface area contributed by atoms with Crippen LogP contribution in [0, 0.1) is 11.8 Å². The van der Waals surface area contributed by atoms with E-state index < -0.39 is 17.8 Å². The topological polar surface area (TPSA) is 91.9 Å². The number of amides is 1. The van der Waals surface area contributed by atoms with E-state index in [0.29, 0.717) is 47.4 Å². The molecule has 1 saturated carbocycles. The number of hydrogen-bond acceptors (Lipinski definition) is 8. The second-order valence-corrected chi connectivity index (χ2v) is 11.9. The summed E-state index contributed by atoms with van der Waals surface area (Å²) in [4.78, 5) is 29.2. The number of benzene rings is 2. The molecule has 238 valence electrons. The van der Waals surface area contributed by atoms with Crippen molar-refractivity contribution in [1.29, 1.82) is 0 Å². The molecule has 1 aromatic heterocycles. The molecule has 2 aliphatic heterocycles. The summed E-state index contributed by atoms with van der Waals surface area (Å²) < 4.78 is 46.4. The lowest BCUT2D eigenvalue weighted by molar-refractivity contribution is -0.137. The third-order valence-corrected chi connectivity index (χ3v) is 8.99.